The van der Waals surface area contributed by atoms with Crippen LogP contribution in [0.5, 0.6) is 0 Å². The number of thiol groups is 1. The van der Waals surface area contributed by atoms with Crippen molar-refractivity contribution in [1.29, 1.82) is 0 Å². The van der Waals surface area contributed by atoms with Crippen LogP contribution in [0.2, 0.25) is 0 Å². The van der Waals surface area contributed by atoms with Gasteiger partial charge in [-0.1, -0.05) is 0 Å². The highest BCUT2D eigenvalue weighted by atomic mass is 32.1. The van der Waals surface area contributed by atoms with Gasteiger partial charge in [-0.2, -0.15) is 12.6 Å². The molecule has 0 aromatic rings. The van der Waals surface area contributed by atoms with Gasteiger partial charge in [0.2, 0.25) is 0 Å². The summed E-state index contributed by atoms with van der Waals surface area (Å²) in [4.78, 5) is 3.05. The van der Waals surface area contributed by atoms with E-state index in [9.17, 15) is 0 Å². The fraction of sp³-hybridized carbons (Fsp3) is 0.917. The van der Waals surface area contributed by atoms with Crippen molar-refractivity contribution in [2.45, 2.75) is 0 Å². The summed E-state index contributed by atoms with van der Waals surface area (Å²) in [6, 6.07) is 0. The van der Waals surface area contributed by atoms with Crippen molar-refractivity contribution in [1.82, 2.24) is 10.6 Å². The summed E-state index contributed by atoms with van der Waals surface area (Å²) in [5.41, 5.74) is 0. The molecule has 4 N–H and O–H groups in total. The lowest BCUT2D eigenvalue weighted by Crippen LogP contribution is -2.80. The second-order valence-corrected chi connectivity index (χ2v) is 4.27. The highest BCUT2D eigenvalue weighted by Crippen LogP contribution is 1.79. The molecule has 0 atom stereocenters. The quantitative estimate of drug-likeness (QED) is 0.109. The third-order valence-corrected chi connectivity index (χ3v) is 2.40. The number of methoxy groups -OCH3 is 1. The highest BCUT2D eigenvalue weighted by molar-refractivity contribution is 7.80. The van der Waals surface area contributed by atoms with Gasteiger partial charge in [-0.3, -0.25) is 15.6 Å². The molecule has 0 aliphatic rings. The van der Waals surface area contributed by atoms with Gasteiger partial charge in [0.25, 0.3) is 0 Å². The number of hydrogen-bond donors (Lipinski definition) is 5. The van der Waals surface area contributed by atoms with Gasteiger partial charge in [0.1, 0.15) is 0 Å². The van der Waals surface area contributed by atoms with E-state index in [0.717, 1.165) is 18.3 Å². The van der Waals surface area contributed by atoms with Gasteiger partial charge in [-0.25, -0.2) is 0 Å². The van der Waals surface area contributed by atoms with E-state index in [4.69, 9.17) is 19.3 Å². The topological polar surface area (TPSA) is 86.0 Å². The smallest absolute Gasteiger partial charge is 0.343 e. The number of aliphatic hydroxyl groups excluding tert-OH is 1. The minimum Gasteiger partial charge on any atom is -0.393 e. The van der Waals surface area contributed by atoms with Crippen LogP contribution < -0.4 is 15.6 Å². The molecule has 0 spiro atoms. The summed E-state index contributed by atoms with van der Waals surface area (Å²) in [6.45, 7) is 4.92. The molecular formula is C12H28N3O4S+. The Labute approximate surface area is 126 Å². The third kappa shape index (κ3) is 13.9. The Hall–Kier alpha value is -0.540. The van der Waals surface area contributed by atoms with Crippen LogP contribution in [-0.2, 0) is 14.2 Å². The molecule has 8 heteroatoms. The van der Waals surface area contributed by atoms with Crippen LogP contribution in [0.25, 0.3) is 0 Å². The zero-order chi connectivity index (χ0) is 14.9. The minimum absolute atomic E-state index is 0.0864. The number of ether oxygens (including phenoxy) is 3. The number of rotatable bonds is 13. The maximum atomic E-state index is 8.78. The summed E-state index contributed by atoms with van der Waals surface area (Å²) < 4.78 is 15.5. The van der Waals surface area contributed by atoms with Gasteiger partial charge in [-0.15, -0.1) is 0 Å². The molecule has 0 aromatic heterocycles. The molecule has 0 fully saturated rings. The van der Waals surface area contributed by atoms with E-state index in [1.165, 1.54) is 0 Å². The zero-order valence-electron chi connectivity index (χ0n) is 12.2. The Morgan fingerprint density at radius 2 is 1.70 bits per heavy atom. The highest BCUT2D eigenvalue weighted by Gasteiger charge is 2.03. The van der Waals surface area contributed by atoms with Crippen LogP contribution in [0, 0.1) is 0 Å². The molecule has 0 aromatic carbocycles. The standard InChI is InChI=1S/C12H27N3O4S/c1-17-7-8-19-10-9-18-6-3-14-12(13-2-5-16)15-4-11-20/h16,20H,2-11H2,1H3,(H2,13,14,15)/p+1. The van der Waals surface area contributed by atoms with E-state index in [0.29, 0.717) is 46.1 Å². The maximum absolute atomic E-state index is 8.78. The molecule has 0 unspecified atom stereocenters. The molecule has 20 heavy (non-hydrogen) atoms. The van der Waals surface area contributed by atoms with E-state index in [2.05, 4.69) is 28.3 Å². The van der Waals surface area contributed by atoms with Crippen molar-refractivity contribution >= 4 is 18.6 Å². The SMILES string of the molecule is COCCOCCOCCNC(NCCS)=[NH+]CCO. The van der Waals surface area contributed by atoms with Gasteiger partial charge in [0.05, 0.1) is 59.3 Å². The van der Waals surface area contributed by atoms with Gasteiger partial charge in [0, 0.05) is 12.9 Å². The predicted molar refractivity (Wildman–Crippen MR) is 81.3 cm³/mol. The lowest BCUT2D eigenvalue weighted by atomic mass is 10.6. The molecule has 0 heterocycles. The molecular weight excluding hydrogens is 282 g/mol. The number of nitrogens with one attached hydrogen (secondary N) is 3. The Morgan fingerprint density at radius 1 is 1.05 bits per heavy atom. The maximum Gasteiger partial charge on any atom is 0.343 e. The summed E-state index contributed by atoms with van der Waals surface area (Å²) in [5, 5.41) is 15.1. The van der Waals surface area contributed by atoms with E-state index in [-0.39, 0.29) is 6.61 Å². The molecule has 0 saturated carbocycles. The van der Waals surface area contributed by atoms with Crippen LogP contribution in [0.4, 0.5) is 0 Å². The zero-order valence-corrected chi connectivity index (χ0v) is 13.1. The lowest BCUT2D eigenvalue weighted by molar-refractivity contribution is -0.465. The average Bonchev–Trinajstić information content (AvgIpc) is 2.47. The number of aliphatic hydroxyl groups is 1. The van der Waals surface area contributed by atoms with Crippen molar-refractivity contribution < 1.29 is 24.3 Å². The fourth-order valence-electron chi connectivity index (χ4n) is 1.26. The van der Waals surface area contributed by atoms with Gasteiger partial charge < -0.3 is 19.3 Å². The van der Waals surface area contributed by atoms with E-state index >= 15 is 0 Å². The van der Waals surface area contributed by atoms with Crippen LogP contribution in [-0.4, -0.2) is 83.2 Å². The molecule has 0 radical (unpaired) electrons. The molecule has 0 bridgehead atoms. The monoisotopic (exact) mass is 310 g/mol. The first-order valence-electron chi connectivity index (χ1n) is 6.79. The largest absolute Gasteiger partial charge is 0.393 e. The lowest BCUT2D eigenvalue weighted by Gasteiger charge is -2.07. The molecule has 7 nitrogen and oxygen atoms in total. The molecule has 0 rings (SSSR count). The summed E-state index contributed by atoms with van der Waals surface area (Å²) in [6.07, 6.45) is 0. The van der Waals surface area contributed by atoms with Gasteiger partial charge in [0.15, 0.2) is 0 Å². The molecule has 0 aliphatic carbocycles. The third-order valence-electron chi connectivity index (χ3n) is 2.18. The van der Waals surface area contributed by atoms with Crippen LogP contribution in [0.3, 0.4) is 0 Å². The fourth-order valence-corrected chi connectivity index (χ4v) is 1.37. The molecule has 0 aliphatic heterocycles. The van der Waals surface area contributed by atoms with Crippen LogP contribution in [0.15, 0.2) is 0 Å². The van der Waals surface area contributed by atoms with E-state index in [1.807, 2.05) is 0 Å². The van der Waals surface area contributed by atoms with Crippen molar-refractivity contribution in [3.63, 3.8) is 0 Å². The minimum atomic E-state index is 0.0864. The number of guanidine groups is 1. The second-order valence-electron chi connectivity index (χ2n) is 3.82. The van der Waals surface area contributed by atoms with Crippen LogP contribution >= 0.6 is 12.6 Å². The first-order chi connectivity index (χ1) is 9.85. The van der Waals surface area contributed by atoms with E-state index in [1.54, 1.807) is 7.11 Å². The second kappa shape index (κ2) is 16.5. The first kappa shape index (κ1) is 19.5. The Kier molecular flexibility index (Phi) is 16.1. The Balaban J connectivity index is 3.48. The normalized spacial score (nSPS) is 11.7. The van der Waals surface area contributed by atoms with Gasteiger partial charge in [-0.05, 0) is 0 Å². The summed E-state index contributed by atoms with van der Waals surface area (Å²) in [7, 11) is 1.65. The predicted octanol–water partition coefficient (Wildman–Crippen LogP) is -2.80. The van der Waals surface area contributed by atoms with Crippen molar-refractivity contribution in [2.24, 2.45) is 0 Å². The summed E-state index contributed by atoms with van der Waals surface area (Å²) >= 11 is 4.13. The van der Waals surface area contributed by atoms with Crippen molar-refractivity contribution in [2.75, 3.05) is 72.1 Å². The molecule has 0 saturated heterocycles. The Morgan fingerprint density at radius 3 is 2.35 bits per heavy atom. The molecule has 120 valence electrons. The molecule has 0 amide bonds. The summed E-state index contributed by atoms with van der Waals surface area (Å²) in [5.74, 6) is 1.52. The average molecular weight is 310 g/mol. The Bertz CT molecular complexity index is 233. The van der Waals surface area contributed by atoms with Crippen LogP contribution in [0.1, 0.15) is 0 Å². The van der Waals surface area contributed by atoms with Crippen molar-refractivity contribution in [3.8, 4) is 0 Å². The first-order valence-corrected chi connectivity index (χ1v) is 7.43. The van der Waals surface area contributed by atoms with Crippen molar-refractivity contribution in [3.05, 3.63) is 0 Å². The van der Waals surface area contributed by atoms with Gasteiger partial charge >= 0.3 is 5.96 Å². The number of hydrogen-bond acceptors (Lipinski definition) is 5. The van der Waals surface area contributed by atoms with E-state index < -0.39 is 0 Å².